The lowest BCUT2D eigenvalue weighted by Gasteiger charge is -1.97. The molecule has 0 saturated carbocycles. The number of aromatic nitrogens is 1. The fraction of sp³-hybridized carbons (Fsp3) is 0.0833. The zero-order valence-electron chi connectivity index (χ0n) is 8.23. The van der Waals surface area contributed by atoms with Crippen LogP contribution in [0.25, 0.3) is 20.7 Å². The Morgan fingerprint density at radius 3 is 3.00 bits per heavy atom. The third-order valence-electron chi connectivity index (χ3n) is 2.33. The van der Waals surface area contributed by atoms with Gasteiger partial charge in [-0.05, 0) is 18.4 Å². The van der Waals surface area contributed by atoms with Gasteiger partial charge in [-0.3, -0.25) is 0 Å². The Bertz CT molecular complexity index is 593. The van der Waals surface area contributed by atoms with Crippen LogP contribution in [-0.2, 0) is 0 Å². The summed E-state index contributed by atoms with van der Waals surface area (Å²) in [4.78, 5) is 5.73. The summed E-state index contributed by atoms with van der Waals surface area (Å²) in [5.41, 5.74) is 1.26. The average molecular weight is 231 g/mol. The molecule has 3 heteroatoms. The van der Waals surface area contributed by atoms with Crippen LogP contribution in [0, 0.1) is 6.92 Å². The van der Waals surface area contributed by atoms with Gasteiger partial charge in [0.25, 0.3) is 0 Å². The maximum Gasteiger partial charge on any atom is 0.124 e. The van der Waals surface area contributed by atoms with Crippen LogP contribution in [0.3, 0.4) is 0 Å². The summed E-state index contributed by atoms with van der Waals surface area (Å²) in [7, 11) is 0. The Morgan fingerprint density at radius 1 is 1.27 bits per heavy atom. The minimum absolute atomic E-state index is 1.11. The molecule has 0 bridgehead atoms. The van der Waals surface area contributed by atoms with Crippen molar-refractivity contribution in [1.82, 2.24) is 4.98 Å². The molecule has 2 aromatic heterocycles. The van der Waals surface area contributed by atoms with E-state index in [1.54, 1.807) is 11.3 Å². The van der Waals surface area contributed by atoms with E-state index in [9.17, 15) is 0 Å². The predicted molar refractivity (Wildman–Crippen MR) is 67.7 cm³/mol. The van der Waals surface area contributed by atoms with Gasteiger partial charge in [0.1, 0.15) is 5.01 Å². The summed E-state index contributed by atoms with van der Waals surface area (Å²) >= 11 is 3.54. The minimum atomic E-state index is 1.11. The molecule has 1 nitrogen and oxygen atoms in total. The van der Waals surface area contributed by atoms with Crippen LogP contribution in [0.2, 0.25) is 0 Å². The number of aryl methyl sites for hydroxylation is 1. The van der Waals surface area contributed by atoms with Crippen molar-refractivity contribution in [2.24, 2.45) is 0 Å². The van der Waals surface area contributed by atoms with E-state index in [0.29, 0.717) is 0 Å². The second-order valence-electron chi connectivity index (χ2n) is 3.42. The third kappa shape index (κ3) is 1.48. The summed E-state index contributed by atoms with van der Waals surface area (Å²) in [5, 5.41) is 4.46. The first-order valence-corrected chi connectivity index (χ1v) is 6.43. The number of fused-ring (bicyclic) bond motifs is 1. The lowest BCUT2D eigenvalue weighted by molar-refractivity contribution is 1.42. The number of hydrogen-bond donors (Lipinski definition) is 0. The van der Waals surface area contributed by atoms with Crippen molar-refractivity contribution in [3.8, 4) is 10.6 Å². The van der Waals surface area contributed by atoms with Crippen molar-refractivity contribution in [2.45, 2.75) is 6.92 Å². The maximum absolute atomic E-state index is 4.37. The van der Waals surface area contributed by atoms with Gasteiger partial charge in [0.15, 0.2) is 0 Å². The summed E-state index contributed by atoms with van der Waals surface area (Å²) in [6.07, 6.45) is 1.86. The molecule has 3 aromatic rings. The molecule has 0 spiro atoms. The average Bonchev–Trinajstić information content (AvgIpc) is 2.82. The summed E-state index contributed by atoms with van der Waals surface area (Å²) < 4.78 is 1.35. The molecule has 0 aliphatic rings. The fourth-order valence-corrected chi connectivity index (χ4v) is 3.48. The summed E-state index contributed by atoms with van der Waals surface area (Å²) in [6.45, 7) is 2.15. The second kappa shape index (κ2) is 3.43. The van der Waals surface area contributed by atoms with E-state index in [4.69, 9.17) is 0 Å². The maximum atomic E-state index is 4.37. The van der Waals surface area contributed by atoms with E-state index in [2.05, 4.69) is 36.2 Å². The molecular weight excluding hydrogens is 222 g/mol. The Hall–Kier alpha value is -1.19. The Kier molecular flexibility index (Phi) is 2.08. The van der Waals surface area contributed by atoms with Gasteiger partial charge >= 0.3 is 0 Å². The molecule has 0 saturated heterocycles. The molecule has 15 heavy (non-hydrogen) atoms. The highest BCUT2D eigenvalue weighted by molar-refractivity contribution is 7.20. The van der Waals surface area contributed by atoms with E-state index in [1.807, 2.05) is 22.9 Å². The first kappa shape index (κ1) is 9.07. The van der Waals surface area contributed by atoms with Crippen molar-refractivity contribution >= 4 is 32.8 Å². The summed E-state index contributed by atoms with van der Waals surface area (Å²) in [5.74, 6) is 0. The first-order chi connectivity index (χ1) is 7.34. The Morgan fingerprint density at radius 2 is 2.20 bits per heavy atom. The molecule has 0 atom stereocenters. The molecule has 0 aliphatic carbocycles. The van der Waals surface area contributed by atoms with Crippen LogP contribution in [0.15, 0.2) is 35.8 Å². The molecule has 0 amide bonds. The number of benzene rings is 1. The van der Waals surface area contributed by atoms with Gasteiger partial charge in [0.2, 0.25) is 0 Å². The van der Waals surface area contributed by atoms with Gasteiger partial charge in [-0.25, -0.2) is 4.98 Å². The van der Waals surface area contributed by atoms with E-state index in [-0.39, 0.29) is 0 Å². The molecule has 74 valence electrons. The predicted octanol–water partition coefficient (Wildman–Crippen LogP) is 4.33. The monoisotopic (exact) mass is 231 g/mol. The zero-order valence-corrected chi connectivity index (χ0v) is 9.86. The lowest BCUT2D eigenvalue weighted by atomic mass is 10.2. The number of nitrogens with zero attached hydrogens (tertiary/aromatic N) is 1. The fourth-order valence-electron chi connectivity index (χ4n) is 1.72. The molecule has 2 heterocycles. The first-order valence-electron chi connectivity index (χ1n) is 4.73. The Balaban J connectivity index is 2.35. The van der Waals surface area contributed by atoms with Gasteiger partial charge in [-0.2, -0.15) is 0 Å². The van der Waals surface area contributed by atoms with Crippen LogP contribution >= 0.6 is 22.7 Å². The Labute approximate surface area is 96.0 Å². The van der Waals surface area contributed by atoms with Crippen molar-refractivity contribution in [1.29, 1.82) is 0 Å². The molecule has 0 fully saturated rings. The number of thiophene rings is 1. The van der Waals surface area contributed by atoms with Gasteiger partial charge in [0, 0.05) is 26.7 Å². The van der Waals surface area contributed by atoms with Crippen LogP contribution in [0.5, 0.6) is 0 Å². The molecule has 1 aromatic carbocycles. The van der Waals surface area contributed by atoms with Crippen LogP contribution in [0.1, 0.15) is 4.88 Å². The van der Waals surface area contributed by atoms with E-state index in [1.165, 1.54) is 20.5 Å². The van der Waals surface area contributed by atoms with E-state index in [0.717, 1.165) is 5.01 Å². The van der Waals surface area contributed by atoms with Crippen LogP contribution in [0.4, 0.5) is 0 Å². The standard InChI is InChI=1S/C12H9NS2/c1-8-7-9-3-2-4-10(11(9)15-8)12-13-5-6-14-12/h2-7H,1H3. The lowest BCUT2D eigenvalue weighted by Crippen LogP contribution is -1.74. The quantitative estimate of drug-likeness (QED) is 0.607. The highest BCUT2D eigenvalue weighted by atomic mass is 32.1. The smallest absolute Gasteiger partial charge is 0.124 e. The zero-order chi connectivity index (χ0) is 10.3. The van der Waals surface area contributed by atoms with E-state index >= 15 is 0 Å². The largest absolute Gasteiger partial charge is 0.244 e. The molecule has 3 rings (SSSR count). The molecule has 0 N–H and O–H groups in total. The van der Waals surface area contributed by atoms with Crippen molar-refractivity contribution in [3.05, 3.63) is 40.7 Å². The van der Waals surface area contributed by atoms with Crippen LogP contribution in [-0.4, -0.2) is 4.98 Å². The molecule has 0 aliphatic heterocycles. The second-order valence-corrected chi connectivity index (χ2v) is 5.57. The van der Waals surface area contributed by atoms with Crippen molar-refractivity contribution in [3.63, 3.8) is 0 Å². The topological polar surface area (TPSA) is 12.9 Å². The highest BCUT2D eigenvalue weighted by Gasteiger charge is 2.07. The number of thiazole rings is 1. The van der Waals surface area contributed by atoms with Crippen molar-refractivity contribution < 1.29 is 0 Å². The normalized spacial score (nSPS) is 11.0. The van der Waals surface area contributed by atoms with Gasteiger partial charge < -0.3 is 0 Å². The number of hydrogen-bond acceptors (Lipinski definition) is 3. The van der Waals surface area contributed by atoms with Gasteiger partial charge in [0.05, 0.1) is 0 Å². The van der Waals surface area contributed by atoms with Gasteiger partial charge in [-0.15, -0.1) is 22.7 Å². The molecule has 0 unspecified atom stereocenters. The van der Waals surface area contributed by atoms with E-state index < -0.39 is 0 Å². The molecular formula is C12H9NS2. The third-order valence-corrected chi connectivity index (χ3v) is 4.24. The highest BCUT2D eigenvalue weighted by Crippen LogP contribution is 2.35. The van der Waals surface area contributed by atoms with Gasteiger partial charge in [-0.1, -0.05) is 18.2 Å². The van der Waals surface area contributed by atoms with Crippen molar-refractivity contribution in [2.75, 3.05) is 0 Å². The SMILES string of the molecule is Cc1cc2cccc(-c3nccs3)c2s1. The van der Waals surface area contributed by atoms with Crippen LogP contribution < -0.4 is 0 Å². The minimum Gasteiger partial charge on any atom is -0.244 e. The summed E-state index contributed by atoms with van der Waals surface area (Å²) in [6, 6.07) is 8.65. The molecule has 0 radical (unpaired) electrons. The number of rotatable bonds is 1.